The number of hydrogen-bond acceptors (Lipinski definition) is 4. The molecule has 1 saturated heterocycles. The standard InChI is InChI=1S/C8H10N4O/c9-8-10-4-6(5-11-8)7(13)12-2-1-3-12/h4-5H,1-3H2,(H2,9,10,11). The highest BCUT2D eigenvalue weighted by atomic mass is 16.2. The van der Waals surface area contributed by atoms with Gasteiger partial charge in [-0.2, -0.15) is 0 Å². The molecule has 0 atom stereocenters. The molecule has 0 saturated carbocycles. The second-order valence-corrected chi connectivity index (χ2v) is 2.98. The smallest absolute Gasteiger partial charge is 0.256 e. The number of nitrogen functional groups attached to an aromatic ring is 1. The Hall–Kier alpha value is -1.65. The molecule has 1 fully saturated rings. The molecule has 2 N–H and O–H groups in total. The predicted molar refractivity (Wildman–Crippen MR) is 47.0 cm³/mol. The molecule has 0 aromatic carbocycles. The molecule has 0 unspecified atom stereocenters. The monoisotopic (exact) mass is 178 g/mol. The molecular weight excluding hydrogens is 168 g/mol. The van der Waals surface area contributed by atoms with Crippen molar-refractivity contribution in [3.63, 3.8) is 0 Å². The molecule has 68 valence electrons. The van der Waals surface area contributed by atoms with Crippen LogP contribution in [-0.2, 0) is 0 Å². The molecule has 5 heteroatoms. The van der Waals surface area contributed by atoms with Gasteiger partial charge in [0.15, 0.2) is 0 Å². The Kier molecular flexibility index (Phi) is 1.84. The zero-order valence-corrected chi connectivity index (χ0v) is 7.10. The minimum atomic E-state index is -0.00810. The highest BCUT2D eigenvalue weighted by Gasteiger charge is 2.21. The van der Waals surface area contributed by atoms with Crippen LogP contribution >= 0.6 is 0 Å². The lowest BCUT2D eigenvalue weighted by atomic mass is 10.2. The van der Waals surface area contributed by atoms with Crippen LogP contribution in [0.5, 0.6) is 0 Å². The van der Waals surface area contributed by atoms with Gasteiger partial charge in [0, 0.05) is 25.5 Å². The molecule has 0 bridgehead atoms. The van der Waals surface area contributed by atoms with E-state index in [2.05, 4.69) is 9.97 Å². The largest absolute Gasteiger partial charge is 0.368 e. The van der Waals surface area contributed by atoms with Gasteiger partial charge in [0.25, 0.3) is 5.91 Å². The van der Waals surface area contributed by atoms with Crippen LogP contribution in [0.2, 0.25) is 0 Å². The average Bonchev–Trinajstić information content (AvgIpc) is 2.02. The van der Waals surface area contributed by atoms with Crippen LogP contribution < -0.4 is 5.73 Å². The Morgan fingerprint density at radius 1 is 1.38 bits per heavy atom. The van der Waals surface area contributed by atoms with E-state index in [1.54, 1.807) is 4.90 Å². The third-order valence-electron chi connectivity index (χ3n) is 2.06. The fraction of sp³-hybridized carbons (Fsp3) is 0.375. The number of aromatic nitrogens is 2. The van der Waals surface area contributed by atoms with Crippen molar-refractivity contribution >= 4 is 11.9 Å². The summed E-state index contributed by atoms with van der Waals surface area (Å²) in [7, 11) is 0. The number of nitrogens with zero attached hydrogens (tertiary/aromatic N) is 3. The summed E-state index contributed by atoms with van der Waals surface area (Å²) in [5.41, 5.74) is 5.81. The van der Waals surface area contributed by atoms with Gasteiger partial charge in [-0.1, -0.05) is 0 Å². The summed E-state index contributed by atoms with van der Waals surface area (Å²) in [6.45, 7) is 1.67. The van der Waals surface area contributed by atoms with Gasteiger partial charge in [-0.15, -0.1) is 0 Å². The van der Waals surface area contributed by atoms with Crippen LogP contribution in [0.1, 0.15) is 16.8 Å². The molecular formula is C8H10N4O. The van der Waals surface area contributed by atoms with E-state index in [0.29, 0.717) is 5.56 Å². The normalized spacial score (nSPS) is 15.2. The zero-order valence-electron chi connectivity index (χ0n) is 7.10. The first kappa shape index (κ1) is 7.97. The van der Waals surface area contributed by atoms with E-state index >= 15 is 0 Å². The van der Waals surface area contributed by atoms with Crippen molar-refractivity contribution in [3.8, 4) is 0 Å². The molecule has 0 aliphatic carbocycles. The number of rotatable bonds is 1. The summed E-state index contributed by atoms with van der Waals surface area (Å²) in [6.07, 6.45) is 4.01. The van der Waals surface area contributed by atoms with Crippen molar-refractivity contribution in [3.05, 3.63) is 18.0 Å². The van der Waals surface area contributed by atoms with Crippen molar-refractivity contribution in [1.29, 1.82) is 0 Å². The number of carbonyl (C=O) groups is 1. The predicted octanol–water partition coefficient (Wildman–Crippen LogP) is -0.0953. The molecule has 1 aromatic rings. The minimum absolute atomic E-state index is 0.00810. The number of anilines is 1. The van der Waals surface area contributed by atoms with Crippen LogP contribution in [0.15, 0.2) is 12.4 Å². The Balaban J connectivity index is 2.15. The van der Waals surface area contributed by atoms with Crippen molar-refractivity contribution < 1.29 is 4.79 Å². The van der Waals surface area contributed by atoms with Gasteiger partial charge in [0.1, 0.15) is 0 Å². The fourth-order valence-electron chi connectivity index (χ4n) is 1.15. The van der Waals surface area contributed by atoms with Crippen LogP contribution in [0.4, 0.5) is 5.95 Å². The second kappa shape index (κ2) is 3.01. The second-order valence-electron chi connectivity index (χ2n) is 2.98. The van der Waals surface area contributed by atoms with Crippen LogP contribution in [0.25, 0.3) is 0 Å². The molecule has 1 aliphatic heterocycles. The number of nitrogens with two attached hydrogens (primary N) is 1. The minimum Gasteiger partial charge on any atom is -0.368 e. The fourth-order valence-corrected chi connectivity index (χ4v) is 1.15. The number of carbonyl (C=O) groups excluding carboxylic acids is 1. The highest BCUT2D eigenvalue weighted by Crippen LogP contribution is 2.10. The van der Waals surface area contributed by atoms with Crippen molar-refractivity contribution in [1.82, 2.24) is 14.9 Å². The van der Waals surface area contributed by atoms with Crippen LogP contribution in [0, 0.1) is 0 Å². The summed E-state index contributed by atoms with van der Waals surface area (Å²) in [4.78, 5) is 20.8. The van der Waals surface area contributed by atoms with Gasteiger partial charge in [-0.3, -0.25) is 4.79 Å². The Bertz CT molecular complexity index is 317. The van der Waals surface area contributed by atoms with E-state index < -0.39 is 0 Å². The summed E-state index contributed by atoms with van der Waals surface area (Å²) < 4.78 is 0. The lowest BCUT2D eigenvalue weighted by molar-refractivity contribution is 0.0651. The average molecular weight is 178 g/mol. The number of amides is 1. The molecule has 1 aliphatic rings. The molecule has 0 radical (unpaired) electrons. The molecule has 2 rings (SSSR count). The maximum Gasteiger partial charge on any atom is 0.256 e. The first-order chi connectivity index (χ1) is 6.27. The van der Waals surface area contributed by atoms with Gasteiger partial charge in [-0.05, 0) is 6.42 Å². The summed E-state index contributed by atoms with van der Waals surface area (Å²) in [6, 6.07) is 0. The molecule has 2 heterocycles. The molecule has 1 aromatic heterocycles. The van der Waals surface area contributed by atoms with E-state index in [-0.39, 0.29) is 11.9 Å². The zero-order chi connectivity index (χ0) is 9.26. The van der Waals surface area contributed by atoms with Crippen LogP contribution in [-0.4, -0.2) is 33.9 Å². The Morgan fingerprint density at radius 2 is 2.00 bits per heavy atom. The Labute approximate surface area is 75.6 Å². The van der Waals surface area contributed by atoms with Gasteiger partial charge in [0.2, 0.25) is 5.95 Å². The first-order valence-electron chi connectivity index (χ1n) is 4.14. The van der Waals surface area contributed by atoms with Gasteiger partial charge in [0.05, 0.1) is 5.56 Å². The Morgan fingerprint density at radius 3 is 2.46 bits per heavy atom. The van der Waals surface area contributed by atoms with E-state index in [0.717, 1.165) is 19.5 Å². The first-order valence-corrected chi connectivity index (χ1v) is 4.14. The lowest BCUT2D eigenvalue weighted by Crippen LogP contribution is -2.42. The topological polar surface area (TPSA) is 72.1 Å². The highest BCUT2D eigenvalue weighted by molar-refractivity contribution is 5.94. The number of likely N-dealkylation sites (tertiary alicyclic amines) is 1. The van der Waals surface area contributed by atoms with E-state index in [1.165, 1.54) is 12.4 Å². The number of hydrogen-bond donors (Lipinski definition) is 1. The maximum atomic E-state index is 11.5. The van der Waals surface area contributed by atoms with Crippen molar-refractivity contribution in [2.24, 2.45) is 0 Å². The van der Waals surface area contributed by atoms with Crippen molar-refractivity contribution in [2.45, 2.75) is 6.42 Å². The van der Waals surface area contributed by atoms with Crippen LogP contribution in [0.3, 0.4) is 0 Å². The summed E-state index contributed by atoms with van der Waals surface area (Å²) >= 11 is 0. The van der Waals surface area contributed by atoms with E-state index in [1.807, 2.05) is 0 Å². The van der Waals surface area contributed by atoms with Gasteiger partial charge >= 0.3 is 0 Å². The molecule has 1 amide bonds. The van der Waals surface area contributed by atoms with E-state index in [4.69, 9.17) is 5.73 Å². The SMILES string of the molecule is Nc1ncc(C(=O)N2CCC2)cn1. The quantitative estimate of drug-likeness (QED) is 0.652. The maximum absolute atomic E-state index is 11.5. The molecule has 0 spiro atoms. The lowest BCUT2D eigenvalue weighted by Gasteiger charge is -2.30. The van der Waals surface area contributed by atoms with E-state index in [9.17, 15) is 4.79 Å². The third-order valence-corrected chi connectivity index (χ3v) is 2.06. The third kappa shape index (κ3) is 1.44. The molecule has 5 nitrogen and oxygen atoms in total. The van der Waals surface area contributed by atoms with Gasteiger partial charge in [-0.25, -0.2) is 9.97 Å². The summed E-state index contributed by atoms with van der Waals surface area (Å²) in [5, 5.41) is 0. The summed E-state index contributed by atoms with van der Waals surface area (Å²) in [5.74, 6) is 0.186. The van der Waals surface area contributed by atoms with Crippen molar-refractivity contribution in [2.75, 3.05) is 18.8 Å². The molecule has 13 heavy (non-hydrogen) atoms. The van der Waals surface area contributed by atoms with Gasteiger partial charge < -0.3 is 10.6 Å².